The molecule has 3 heterocycles. The van der Waals surface area contributed by atoms with Crippen LogP contribution in [0.2, 0.25) is 5.02 Å². The van der Waals surface area contributed by atoms with Crippen molar-refractivity contribution in [1.82, 2.24) is 19.5 Å². The number of aromatic nitrogens is 4. The number of anilines is 1. The minimum atomic E-state index is -0.218. The van der Waals surface area contributed by atoms with Crippen molar-refractivity contribution >= 4 is 28.6 Å². The summed E-state index contributed by atoms with van der Waals surface area (Å²) in [4.78, 5) is 26.6. The Morgan fingerprint density at radius 1 is 1.13 bits per heavy atom. The molecule has 0 radical (unpaired) electrons. The second kappa shape index (κ2) is 8.83. The van der Waals surface area contributed by atoms with Gasteiger partial charge in [-0.05, 0) is 37.6 Å². The Morgan fingerprint density at radius 2 is 1.97 bits per heavy atom. The van der Waals surface area contributed by atoms with Crippen LogP contribution < -0.4 is 10.9 Å². The smallest absolute Gasteiger partial charge is 0.260 e. The summed E-state index contributed by atoms with van der Waals surface area (Å²) in [5, 5.41) is 13.4. The van der Waals surface area contributed by atoms with Crippen molar-refractivity contribution < 1.29 is 5.11 Å². The molecule has 0 aliphatic rings. The lowest BCUT2D eigenvalue weighted by molar-refractivity contribution is 0.280. The van der Waals surface area contributed by atoms with Gasteiger partial charge in [-0.15, -0.1) is 0 Å². The fraction of sp³-hybridized carbons (Fsp3) is 0.217. The Hall–Kier alpha value is -3.29. The van der Waals surface area contributed by atoms with Crippen LogP contribution in [0.1, 0.15) is 12.1 Å². The van der Waals surface area contributed by atoms with Gasteiger partial charge in [0.15, 0.2) is 0 Å². The first-order valence-corrected chi connectivity index (χ1v) is 10.3. The van der Waals surface area contributed by atoms with E-state index >= 15 is 0 Å². The summed E-state index contributed by atoms with van der Waals surface area (Å²) in [7, 11) is 1.72. The predicted octanol–water partition coefficient (Wildman–Crippen LogP) is 3.91. The van der Waals surface area contributed by atoms with Crippen LogP contribution in [0.15, 0.2) is 53.5 Å². The topological polar surface area (TPSA) is 92.9 Å². The van der Waals surface area contributed by atoms with Crippen molar-refractivity contribution in [2.24, 2.45) is 0 Å². The third kappa shape index (κ3) is 4.15. The van der Waals surface area contributed by atoms with E-state index in [1.807, 2.05) is 43.3 Å². The average Bonchev–Trinajstić information content (AvgIpc) is 2.78. The van der Waals surface area contributed by atoms with Crippen LogP contribution in [-0.4, -0.2) is 38.3 Å². The first-order chi connectivity index (χ1) is 15.0. The molecule has 0 amide bonds. The molecule has 0 aliphatic heterocycles. The van der Waals surface area contributed by atoms with E-state index in [4.69, 9.17) is 11.6 Å². The first-order valence-electron chi connectivity index (χ1n) is 9.95. The minimum Gasteiger partial charge on any atom is -0.396 e. The van der Waals surface area contributed by atoms with Crippen molar-refractivity contribution in [2.45, 2.75) is 19.9 Å². The van der Waals surface area contributed by atoms with E-state index in [-0.39, 0.29) is 12.2 Å². The molecule has 0 saturated carbocycles. The minimum absolute atomic E-state index is 0.0267. The molecule has 0 saturated heterocycles. The SMILES string of the molecule is CNc1ncc2cc(-c3ccc(-c4cccc(C)n4)cc3Cl)c(=O)n(CCCO)c2n1. The fourth-order valence-corrected chi connectivity index (χ4v) is 3.79. The maximum atomic E-state index is 13.4. The number of nitrogens with one attached hydrogen (secondary N) is 1. The van der Waals surface area contributed by atoms with E-state index in [0.717, 1.165) is 17.0 Å². The molecule has 31 heavy (non-hydrogen) atoms. The number of benzene rings is 1. The summed E-state index contributed by atoms with van der Waals surface area (Å²) in [6.45, 7) is 2.24. The number of halogens is 1. The van der Waals surface area contributed by atoms with Crippen LogP contribution in [0.3, 0.4) is 0 Å². The highest BCUT2D eigenvalue weighted by Crippen LogP contribution is 2.31. The van der Waals surface area contributed by atoms with Gasteiger partial charge in [0.1, 0.15) is 5.65 Å². The van der Waals surface area contributed by atoms with Crippen LogP contribution >= 0.6 is 11.6 Å². The van der Waals surface area contributed by atoms with Gasteiger partial charge in [-0.1, -0.05) is 29.8 Å². The maximum absolute atomic E-state index is 13.4. The number of fused-ring (bicyclic) bond motifs is 1. The molecule has 8 heteroatoms. The molecule has 3 aromatic heterocycles. The summed E-state index contributed by atoms with van der Waals surface area (Å²) >= 11 is 6.62. The predicted molar refractivity (Wildman–Crippen MR) is 123 cm³/mol. The normalized spacial score (nSPS) is 11.1. The number of hydrogen-bond donors (Lipinski definition) is 2. The van der Waals surface area contributed by atoms with Gasteiger partial charge in [0.05, 0.1) is 5.69 Å². The maximum Gasteiger partial charge on any atom is 0.260 e. The van der Waals surface area contributed by atoms with Crippen LogP contribution in [0.25, 0.3) is 33.4 Å². The number of aryl methyl sites for hydroxylation is 2. The van der Waals surface area contributed by atoms with Crippen molar-refractivity contribution in [3.63, 3.8) is 0 Å². The van der Waals surface area contributed by atoms with Gasteiger partial charge in [-0.2, -0.15) is 4.98 Å². The Morgan fingerprint density at radius 3 is 2.68 bits per heavy atom. The zero-order chi connectivity index (χ0) is 22.0. The first kappa shape index (κ1) is 21.0. The van der Waals surface area contributed by atoms with E-state index in [2.05, 4.69) is 20.3 Å². The highest BCUT2D eigenvalue weighted by molar-refractivity contribution is 6.33. The van der Waals surface area contributed by atoms with Gasteiger partial charge in [0.25, 0.3) is 5.56 Å². The number of nitrogens with zero attached hydrogens (tertiary/aromatic N) is 4. The fourth-order valence-electron chi connectivity index (χ4n) is 3.51. The highest BCUT2D eigenvalue weighted by atomic mass is 35.5. The average molecular weight is 436 g/mol. The summed E-state index contributed by atoms with van der Waals surface area (Å²) in [5.74, 6) is 0.422. The van der Waals surface area contributed by atoms with Gasteiger partial charge in [-0.25, -0.2) is 4.98 Å². The van der Waals surface area contributed by atoms with Gasteiger partial charge in [0.2, 0.25) is 5.95 Å². The lowest BCUT2D eigenvalue weighted by Gasteiger charge is -2.14. The molecule has 7 nitrogen and oxygen atoms in total. The highest BCUT2D eigenvalue weighted by Gasteiger charge is 2.16. The Bertz CT molecular complexity index is 1320. The Kier molecular flexibility index (Phi) is 5.97. The summed E-state index contributed by atoms with van der Waals surface area (Å²) in [6.07, 6.45) is 2.11. The number of pyridine rings is 2. The second-order valence-corrected chi connectivity index (χ2v) is 7.58. The van der Waals surface area contributed by atoms with E-state index < -0.39 is 0 Å². The largest absolute Gasteiger partial charge is 0.396 e. The van der Waals surface area contributed by atoms with E-state index in [1.54, 1.807) is 23.9 Å². The van der Waals surface area contributed by atoms with E-state index in [1.165, 1.54) is 0 Å². The van der Waals surface area contributed by atoms with Crippen LogP contribution in [-0.2, 0) is 6.54 Å². The molecule has 4 rings (SSSR count). The number of rotatable bonds is 6. The lowest BCUT2D eigenvalue weighted by Crippen LogP contribution is -2.24. The van der Waals surface area contributed by atoms with Crippen molar-refractivity contribution in [3.8, 4) is 22.4 Å². The number of aliphatic hydroxyl groups is 1. The third-order valence-electron chi connectivity index (χ3n) is 5.03. The molecule has 0 bridgehead atoms. The molecule has 0 fully saturated rings. The summed E-state index contributed by atoms with van der Waals surface area (Å²) < 4.78 is 1.57. The van der Waals surface area contributed by atoms with Gasteiger partial charge < -0.3 is 10.4 Å². The molecule has 0 unspecified atom stereocenters. The van der Waals surface area contributed by atoms with Crippen LogP contribution in [0.4, 0.5) is 5.95 Å². The number of aliphatic hydroxyl groups excluding tert-OH is 1. The molecule has 1 aromatic carbocycles. The number of hydrogen-bond acceptors (Lipinski definition) is 6. The van der Waals surface area contributed by atoms with Crippen molar-refractivity contribution in [2.75, 3.05) is 19.0 Å². The van der Waals surface area contributed by atoms with Crippen LogP contribution in [0, 0.1) is 6.92 Å². The van der Waals surface area contributed by atoms with Gasteiger partial charge in [-0.3, -0.25) is 14.3 Å². The summed E-state index contributed by atoms with van der Waals surface area (Å²) in [5.41, 5.74) is 3.99. The summed E-state index contributed by atoms with van der Waals surface area (Å²) in [6, 6.07) is 13.1. The van der Waals surface area contributed by atoms with E-state index in [0.29, 0.717) is 46.1 Å². The van der Waals surface area contributed by atoms with Crippen molar-refractivity contribution in [3.05, 3.63) is 69.7 Å². The molecule has 0 aliphatic carbocycles. The quantitative estimate of drug-likeness (QED) is 0.477. The standard InChI is InChI=1S/C23H22ClN5O2/c1-14-5-3-6-20(27-14)15-7-8-17(19(24)12-15)18-11-16-13-26-23(25-2)28-21(16)29(22(18)31)9-4-10-30/h3,5-8,11-13,30H,4,9-10H2,1-2H3,(H,25,26,28). The zero-order valence-electron chi connectivity index (χ0n) is 17.3. The third-order valence-corrected chi connectivity index (χ3v) is 5.35. The second-order valence-electron chi connectivity index (χ2n) is 7.17. The van der Waals surface area contributed by atoms with E-state index in [9.17, 15) is 9.90 Å². The van der Waals surface area contributed by atoms with Crippen molar-refractivity contribution in [1.29, 1.82) is 0 Å². The Labute approximate surface area is 184 Å². The van der Waals surface area contributed by atoms with Crippen LogP contribution in [0.5, 0.6) is 0 Å². The lowest BCUT2D eigenvalue weighted by atomic mass is 10.0. The molecule has 0 spiro atoms. The molecule has 158 valence electrons. The zero-order valence-corrected chi connectivity index (χ0v) is 18.0. The Balaban J connectivity index is 1.87. The van der Waals surface area contributed by atoms with Gasteiger partial charge >= 0.3 is 0 Å². The molecule has 2 N–H and O–H groups in total. The van der Waals surface area contributed by atoms with Gasteiger partial charge in [0, 0.05) is 59.2 Å². The molecule has 4 aromatic rings. The molecular weight excluding hydrogens is 414 g/mol. The molecular formula is C23H22ClN5O2. The monoisotopic (exact) mass is 435 g/mol. The molecule has 0 atom stereocenters.